The number of ether oxygens (including phenoxy) is 2. The van der Waals surface area contributed by atoms with Crippen LogP contribution in [0.4, 0.5) is 0 Å². The number of halogens is 1. The Bertz CT molecular complexity index is 751. The van der Waals surface area contributed by atoms with E-state index < -0.39 is 10.0 Å². The number of carbonyl (C=O) groups is 1. The Balaban J connectivity index is 0.00000261. The molecule has 1 saturated heterocycles. The first-order valence-corrected chi connectivity index (χ1v) is 10.3. The molecule has 0 aromatic heterocycles. The van der Waals surface area contributed by atoms with E-state index in [0.29, 0.717) is 63.7 Å². The summed E-state index contributed by atoms with van der Waals surface area (Å²) in [6, 6.07) is 4.67. The predicted molar refractivity (Wildman–Crippen MR) is 103 cm³/mol. The molecule has 152 valence electrons. The largest absolute Gasteiger partial charge is 0.486 e. The van der Waals surface area contributed by atoms with Gasteiger partial charge in [0.15, 0.2) is 11.5 Å². The SMILES string of the molecule is Cl.NCCCNC(=O)C1CCN(S(=O)(=O)c2ccc3c(c2)OCCO3)CC1. The first kappa shape index (κ1) is 21.7. The molecule has 0 spiro atoms. The van der Waals surface area contributed by atoms with Crippen LogP contribution in [-0.4, -0.2) is 58.0 Å². The van der Waals surface area contributed by atoms with Crippen LogP contribution < -0.4 is 20.5 Å². The zero-order valence-electron chi connectivity index (χ0n) is 15.1. The minimum atomic E-state index is -3.62. The summed E-state index contributed by atoms with van der Waals surface area (Å²) in [7, 11) is -3.62. The van der Waals surface area contributed by atoms with Crippen LogP contribution in [0.2, 0.25) is 0 Å². The molecule has 1 amide bonds. The Morgan fingerprint density at radius 2 is 1.85 bits per heavy atom. The van der Waals surface area contributed by atoms with Crippen molar-refractivity contribution in [1.82, 2.24) is 9.62 Å². The van der Waals surface area contributed by atoms with Crippen LogP contribution in [0.1, 0.15) is 19.3 Å². The summed E-state index contributed by atoms with van der Waals surface area (Å²) in [5.74, 6) is 0.837. The topological polar surface area (TPSA) is 111 Å². The Morgan fingerprint density at radius 1 is 1.19 bits per heavy atom. The average molecular weight is 420 g/mol. The molecule has 3 N–H and O–H groups in total. The summed E-state index contributed by atoms with van der Waals surface area (Å²) in [4.78, 5) is 12.3. The number of hydrogen-bond acceptors (Lipinski definition) is 6. The zero-order chi connectivity index (χ0) is 18.6. The molecular weight excluding hydrogens is 394 g/mol. The summed E-state index contributed by atoms with van der Waals surface area (Å²) in [6.07, 6.45) is 1.76. The van der Waals surface area contributed by atoms with Gasteiger partial charge < -0.3 is 20.5 Å². The fraction of sp³-hybridized carbons (Fsp3) is 0.588. The first-order chi connectivity index (χ1) is 12.5. The van der Waals surface area contributed by atoms with Gasteiger partial charge in [-0.25, -0.2) is 8.42 Å². The monoisotopic (exact) mass is 419 g/mol. The third-order valence-corrected chi connectivity index (χ3v) is 6.55. The lowest BCUT2D eigenvalue weighted by molar-refractivity contribution is -0.126. The molecule has 1 aromatic rings. The summed E-state index contributed by atoms with van der Waals surface area (Å²) < 4.78 is 38.1. The zero-order valence-corrected chi connectivity index (χ0v) is 16.7. The number of nitrogens with two attached hydrogens (primary N) is 1. The number of piperidine rings is 1. The fourth-order valence-corrected chi connectivity index (χ4v) is 4.64. The van der Waals surface area contributed by atoms with Crippen molar-refractivity contribution in [2.24, 2.45) is 11.7 Å². The maximum atomic E-state index is 12.9. The third-order valence-electron chi connectivity index (χ3n) is 4.66. The number of nitrogens with one attached hydrogen (secondary N) is 1. The second kappa shape index (κ2) is 9.59. The maximum Gasteiger partial charge on any atom is 0.243 e. The van der Waals surface area contributed by atoms with Crippen molar-refractivity contribution in [2.75, 3.05) is 39.4 Å². The number of sulfonamides is 1. The molecule has 10 heteroatoms. The van der Waals surface area contributed by atoms with Crippen LogP contribution in [0.15, 0.2) is 23.1 Å². The van der Waals surface area contributed by atoms with Gasteiger partial charge in [0.2, 0.25) is 15.9 Å². The Morgan fingerprint density at radius 3 is 2.52 bits per heavy atom. The van der Waals surface area contributed by atoms with Crippen molar-refractivity contribution in [1.29, 1.82) is 0 Å². The molecule has 8 nitrogen and oxygen atoms in total. The van der Waals surface area contributed by atoms with Crippen molar-refractivity contribution >= 4 is 28.3 Å². The fourth-order valence-electron chi connectivity index (χ4n) is 3.15. The molecule has 3 rings (SSSR count). The summed E-state index contributed by atoms with van der Waals surface area (Å²) in [5.41, 5.74) is 5.42. The van der Waals surface area contributed by atoms with Crippen LogP contribution in [0.5, 0.6) is 11.5 Å². The van der Waals surface area contributed by atoms with Gasteiger partial charge in [-0.2, -0.15) is 4.31 Å². The lowest BCUT2D eigenvalue weighted by Crippen LogP contribution is -2.43. The number of benzene rings is 1. The first-order valence-electron chi connectivity index (χ1n) is 8.90. The highest BCUT2D eigenvalue weighted by molar-refractivity contribution is 7.89. The minimum Gasteiger partial charge on any atom is -0.486 e. The molecule has 27 heavy (non-hydrogen) atoms. The maximum absolute atomic E-state index is 12.9. The van der Waals surface area contributed by atoms with Gasteiger partial charge in [0.05, 0.1) is 4.90 Å². The molecule has 0 atom stereocenters. The van der Waals surface area contributed by atoms with Crippen molar-refractivity contribution in [2.45, 2.75) is 24.2 Å². The van der Waals surface area contributed by atoms with Gasteiger partial charge >= 0.3 is 0 Å². The average Bonchev–Trinajstić information content (AvgIpc) is 2.67. The number of fused-ring (bicyclic) bond motifs is 1. The number of hydrogen-bond donors (Lipinski definition) is 2. The minimum absolute atomic E-state index is 0. The van der Waals surface area contributed by atoms with Gasteiger partial charge in [0.25, 0.3) is 0 Å². The van der Waals surface area contributed by atoms with E-state index in [1.165, 1.54) is 16.4 Å². The highest BCUT2D eigenvalue weighted by Crippen LogP contribution is 2.34. The van der Waals surface area contributed by atoms with Crippen molar-refractivity contribution in [3.8, 4) is 11.5 Å². The lowest BCUT2D eigenvalue weighted by Gasteiger charge is -2.30. The number of amides is 1. The van der Waals surface area contributed by atoms with Crippen LogP contribution in [-0.2, 0) is 14.8 Å². The van der Waals surface area contributed by atoms with Crippen LogP contribution >= 0.6 is 12.4 Å². The highest BCUT2D eigenvalue weighted by Gasteiger charge is 2.32. The van der Waals surface area contributed by atoms with Crippen molar-refractivity contribution in [3.63, 3.8) is 0 Å². The van der Waals surface area contributed by atoms with E-state index in [4.69, 9.17) is 15.2 Å². The number of carbonyl (C=O) groups excluding carboxylic acids is 1. The quantitative estimate of drug-likeness (QED) is 0.658. The Kier molecular flexibility index (Phi) is 7.72. The molecule has 2 aliphatic rings. The van der Waals surface area contributed by atoms with E-state index in [9.17, 15) is 13.2 Å². The van der Waals surface area contributed by atoms with Gasteiger partial charge in [-0.15, -0.1) is 12.4 Å². The second-order valence-corrected chi connectivity index (χ2v) is 8.36. The molecule has 1 aromatic carbocycles. The molecule has 1 fully saturated rings. The number of rotatable bonds is 6. The van der Waals surface area contributed by atoms with E-state index in [1.807, 2.05) is 0 Å². The lowest BCUT2D eigenvalue weighted by atomic mass is 9.97. The van der Waals surface area contributed by atoms with Gasteiger partial charge in [0.1, 0.15) is 13.2 Å². The summed E-state index contributed by atoms with van der Waals surface area (Å²) in [5, 5.41) is 2.86. The second-order valence-electron chi connectivity index (χ2n) is 6.42. The Labute approximate surface area is 165 Å². The normalized spacial score (nSPS) is 17.8. The number of nitrogens with zero attached hydrogens (tertiary/aromatic N) is 1. The standard InChI is InChI=1S/C17H25N3O5S.ClH/c18-6-1-7-19-17(21)13-4-8-20(9-5-13)26(22,23)14-2-3-15-16(12-14)25-11-10-24-15;/h2-3,12-13H,1,4-11,18H2,(H,19,21);1H. The van der Waals surface area contributed by atoms with Crippen LogP contribution in [0.25, 0.3) is 0 Å². The van der Waals surface area contributed by atoms with E-state index in [0.717, 1.165) is 6.42 Å². The van der Waals surface area contributed by atoms with Crippen molar-refractivity contribution in [3.05, 3.63) is 18.2 Å². The van der Waals surface area contributed by atoms with Gasteiger partial charge in [-0.3, -0.25) is 4.79 Å². The smallest absolute Gasteiger partial charge is 0.243 e. The molecule has 2 aliphatic heterocycles. The summed E-state index contributed by atoms with van der Waals surface area (Å²) in [6.45, 7) is 2.61. The molecule has 0 saturated carbocycles. The Hall–Kier alpha value is -1.55. The molecule has 0 aliphatic carbocycles. The van der Waals surface area contributed by atoms with E-state index in [-0.39, 0.29) is 29.1 Å². The van der Waals surface area contributed by atoms with Gasteiger partial charge in [-0.05, 0) is 37.9 Å². The molecular formula is C17H26ClN3O5S. The third kappa shape index (κ3) is 5.04. The highest BCUT2D eigenvalue weighted by atomic mass is 35.5. The molecule has 0 radical (unpaired) electrons. The van der Waals surface area contributed by atoms with Crippen molar-refractivity contribution < 1.29 is 22.7 Å². The molecule has 2 heterocycles. The van der Waals surface area contributed by atoms with E-state index >= 15 is 0 Å². The molecule has 0 bridgehead atoms. The predicted octanol–water partition coefficient (Wildman–Crippen LogP) is 0.745. The van der Waals surface area contributed by atoms with Crippen LogP contribution in [0.3, 0.4) is 0 Å². The molecule has 0 unspecified atom stereocenters. The van der Waals surface area contributed by atoms with Crippen LogP contribution in [0, 0.1) is 5.92 Å². The van der Waals surface area contributed by atoms with E-state index in [2.05, 4.69) is 5.32 Å². The summed E-state index contributed by atoms with van der Waals surface area (Å²) >= 11 is 0. The van der Waals surface area contributed by atoms with Gasteiger partial charge in [0, 0.05) is 31.6 Å². The van der Waals surface area contributed by atoms with Gasteiger partial charge in [-0.1, -0.05) is 0 Å². The van der Waals surface area contributed by atoms with E-state index in [1.54, 1.807) is 6.07 Å².